The van der Waals surface area contributed by atoms with Crippen LogP contribution < -0.4 is 10.1 Å². The minimum absolute atomic E-state index is 0.170. The number of urea groups is 1. The molecule has 1 N–H and O–H groups in total. The van der Waals surface area contributed by atoms with Crippen LogP contribution in [0.3, 0.4) is 0 Å². The third kappa shape index (κ3) is 3.38. The van der Waals surface area contributed by atoms with Crippen LogP contribution in [0.25, 0.3) is 0 Å². The van der Waals surface area contributed by atoms with Gasteiger partial charge in [0.25, 0.3) is 5.91 Å². The number of hydrogen-bond donors (Lipinski definition) is 1. The van der Waals surface area contributed by atoms with Gasteiger partial charge in [-0.2, -0.15) is 0 Å². The molecule has 2 saturated heterocycles. The Morgan fingerprint density at radius 1 is 1.22 bits per heavy atom. The van der Waals surface area contributed by atoms with Crippen molar-refractivity contribution in [3.05, 3.63) is 29.3 Å². The van der Waals surface area contributed by atoms with E-state index in [1.165, 1.54) is 0 Å². The van der Waals surface area contributed by atoms with Gasteiger partial charge in [-0.1, -0.05) is 13.0 Å². The molecule has 3 rings (SSSR count). The zero-order valence-electron chi connectivity index (χ0n) is 16.2. The molecular formula is C20H27N3O4. The van der Waals surface area contributed by atoms with Gasteiger partial charge in [-0.15, -0.1) is 0 Å². The van der Waals surface area contributed by atoms with Crippen LogP contribution in [0.1, 0.15) is 43.7 Å². The van der Waals surface area contributed by atoms with Gasteiger partial charge in [0, 0.05) is 13.1 Å². The first kappa shape index (κ1) is 19.2. The van der Waals surface area contributed by atoms with Crippen LogP contribution in [0.4, 0.5) is 4.79 Å². The predicted molar refractivity (Wildman–Crippen MR) is 100 cm³/mol. The number of aryl methyl sites for hydroxylation is 1. The van der Waals surface area contributed by atoms with Crippen LogP contribution in [-0.2, 0) is 15.1 Å². The van der Waals surface area contributed by atoms with E-state index in [4.69, 9.17) is 4.74 Å². The van der Waals surface area contributed by atoms with Crippen molar-refractivity contribution in [2.75, 3.05) is 26.7 Å². The highest BCUT2D eigenvalue weighted by atomic mass is 16.5. The third-order valence-corrected chi connectivity index (χ3v) is 5.60. The Morgan fingerprint density at radius 3 is 2.52 bits per heavy atom. The minimum Gasteiger partial charge on any atom is -0.496 e. The number of carbonyl (C=O) groups excluding carboxylic acids is 3. The molecule has 0 aliphatic carbocycles. The second-order valence-corrected chi connectivity index (χ2v) is 7.21. The average Bonchev–Trinajstić information content (AvgIpc) is 2.93. The number of rotatable bonds is 5. The normalized spacial score (nSPS) is 22.8. The van der Waals surface area contributed by atoms with Crippen molar-refractivity contribution in [1.29, 1.82) is 0 Å². The molecule has 2 aliphatic heterocycles. The van der Waals surface area contributed by atoms with Crippen LogP contribution in [0.5, 0.6) is 5.75 Å². The van der Waals surface area contributed by atoms with Crippen molar-refractivity contribution in [1.82, 2.24) is 15.1 Å². The summed E-state index contributed by atoms with van der Waals surface area (Å²) in [7, 11) is 1.59. The first-order chi connectivity index (χ1) is 12.9. The van der Waals surface area contributed by atoms with E-state index in [2.05, 4.69) is 5.32 Å². The summed E-state index contributed by atoms with van der Waals surface area (Å²) in [5.41, 5.74) is 0.443. The van der Waals surface area contributed by atoms with Gasteiger partial charge in [-0.25, -0.2) is 4.79 Å². The van der Waals surface area contributed by atoms with Crippen LogP contribution >= 0.6 is 0 Å². The standard InChI is InChI=1S/C20H27N3O4/c1-4-20(15-8-9-16(27-3)14(2)12-15)18(25)23(19(26)21-20)13-17(24)22-10-6-5-7-11-22/h8-9,12H,4-7,10-11,13H2,1-3H3,(H,21,26). The zero-order chi connectivity index (χ0) is 19.6. The maximum absolute atomic E-state index is 13.2. The molecule has 0 radical (unpaired) electrons. The lowest BCUT2D eigenvalue weighted by atomic mass is 9.86. The first-order valence-electron chi connectivity index (χ1n) is 9.50. The maximum atomic E-state index is 13.2. The number of imide groups is 1. The molecule has 7 nitrogen and oxygen atoms in total. The molecule has 0 saturated carbocycles. The van der Waals surface area contributed by atoms with Crippen molar-refractivity contribution in [2.24, 2.45) is 0 Å². The van der Waals surface area contributed by atoms with Crippen LogP contribution in [0.15, 0.2) is 18.2 Å². The van der Waals surface area contributed by atoms with Crippen LogP contribution in [0.2, 0.25) is 0 Å². The lowest BCUT2D eigenvalue weighted by Crippen LogP contribution is -2.46. The van der Waals surface area contributed by atoms with Crippen LogP contribution in [-0.4, -0.2) is 54.4 Å². The molecule has 0 spiro atoms. The molecule has 1 aromatic rings. The summed E-state index contributed by atoms with van der Waals surface area (Å²) < 4.78 is 5.29. The lowest BCUT2D eigenvalue weighted by Gasteiger charge is -2.29. The van der Waals surface area contributed by atoms with Crippen molar-refractivity contribution >= 4 is 17.8 Å². The van der Waals surface area contributed by atoms with Gasteiger partial charge in [0.15, 0.2) is 0 Å². The van der Waals surface area contributed by atoms with E-state index in [-0.39, 0.29) is 18.4 Å². The van der Waals surface area contributed by atoms with E-state index in [0.29, 0.717) is 25.1 Å². The van der Waals surface area contributed by atoms with E-state index in [1.54, 1.807) is 24.1 Å². The topological polar surface area (TPSA) is 79.0 Å². The van der Waals surface area contributed by atoms with Gasteiger partial charge < -0.3 is 15.0 Å². The number of carbonyl (C=O) groups is 3. The number of nitrogens with one attached hydrogen (secondary N) is 1. The molecule has 4 amide bonds. The molecule has 146 valence electrons. The fourth-order valence-corrected chi connectivity index (χ4v) is 3.93. The van der Waals surface area contributed by atoms with Crippen molar-refractivity contribution in [3.8, 4) is 5.75 Å². The number of methoxy groups -OCH3 is 1. The molecule has 2 heterocycles. The molecule has 1 unspecified atom stereocenters. The summed E-state index contributed by atoms with van der Waals surface area (Å²) in [6.45, 7) is 4.93. The quantitative estimate of drug-likeness (QED) is 0.803. The Labute approximate surface area is 159 Å². The SMILES string of the molecule is CCC1(c2ccc(OC)c(C)c2)NC(=O)N(CC(=O)N2CCCCC2)C1=O. The maximum Gasteiger partial charge on any atom is 0.325 e. The molecule has 0 aromatic heterocycles. The van der Waals surface area contributed by atoms with Crippen molar-refractivity contribution in [3.63, 3.8) is 0 Å². The molecule has 2 aliphatic rings. The molecule has 1 atom stereocenters. The van der Waals surface area contributed by atoms with E-state index >= 15 is 0 Å². The molecule has 7 heteroatoms. The molecule has 2 fully saturated rings. The van der Waals surface area contributed by atoms with Crippen molar-refractivity contribution in [2.45, 2.75) is 45.1 Å². The van der Waals surface area contributed by atoms with Gasteiger partial charge in [0.1, 0.15) is 17.8 Å². The minimum atomic E-state index is -1.14. The first-order valence-corrected chi connectivity index (χ1v) is 9.50. The van der Waals surface area contributed by atoms with Crippen molar-refractivity contribution < 1.29 is 19.1 Å². The monoisotopic (exact) mass is 373 g/mol. The number of benzene rings is 1. The second kappa shape index (κ2) is 7.58. The van der Waals surface area contributed by atoms with Gasteiger partial charge in [-0.05, 0) is 55.9 Å². The summed E-state index contributed by atoms with van der Waals surface area (Å²) >= 11 is 0. The second-order valence-electron chi connectivity index (χ2n) is 7.21. The predicted octanol–water partition coefficient (Wildman–Crippen LogP) is 2.17. The Balaban J connectivity index is 1.84. The number of nitrogens with zero attached hydrogens (tertiary/aromatic N) is 2. The Bertz CT molecular complexity index is 758. The molecular weight excluding hydrogens is 346 g/mol. The van der Waals surface area contributed by atoms with Crippen LogP contribution in [0, 0.1) is 6.92 Å². The number of hydrogen-bond acceptors (Lipinski definition) is 4. The highest BCUT2D eigenvalue weighted by Crippen LogP contribution is 2.34. The van der Waals surface area contributed by atoms with E-state index in [0.717, 1.165) is 35.5 Å². The Morgan fingerprint density at radius 2 is 1.93 bits per heavy atom. The van der Waals surface area contributed by atoms with Gasteiger partial charge in [0.2, 0.25) is 5.91 Å². The lowest BCUT2D eigenvalue weighted by molar-refractivity contribution is -0.139. The zero-order valence-corrected chi connectivity index (χ0v) is 16.2. The average molecular weight is 373 g/mol. The summed E-state index contributed by atoms with van der Waals surface area (Å²) in [5.74, 6) is 0.180. The highest BCUT2D eigenvalue weighted by Gasteiger charge is 2.52. The molecule has 0 bridgehead atoms. The summed E-state index contributed by atoms with van der Waals surface area (Å²) in [6, 6.07) is 4.93. The molecule has 1 aromatic carbocycles. The van der Waals surface area contributed by atoms with E-state index in [9.17, 15) is 14.4 Å². The number of piperidine rings is 1. The fraction of sp³-hybridized carbons (Fsp3) is 0.550. The number of amides is 4. The van der Waals surface area contributed by atoms with Gasteiger partial charge in [0.05, 0.1) is 7.11 Å². The largest absolute Gasteiger partial charge is 0.496 e. The summed E-state index contributed by atoms with van der Waals surface area (Å²) in [4.78, 5) is 41.1. The number of likely N-dealkylation sites (tertiary alicyclic amines) is 1. The summed E-state index contributed by atoms with van der Waals surface area (Å²) in [5, 5.41) is 2.83. The highest BCUT2D eigenvalue weighted by molar-refractivity contribution is 6.09. The van der Waals surface area contributed by atoms with E-state index < -0.39 is 11.6 Å². The van der Waals surface area contributed by atoms with E-state index in [1.807, 2.05) is 19.9 Å². The van der Waals surface area contributed by atoms with Gasteiger partial charge >= 0.3 is 6.03 Å². The summed E-state index contributed by atoms with van der Waals surface area (Å²) in [6.07, 6.45) is 3.45. The Hall–Kier alpha value is -2.57. The third-order valence-electron chi connectivity index (χ3n) is 5.60. The Kier molecular flexibility index (Phi) is 5.39. The number of ether oxygens (including phenoxy) is 1. The molecule has 27 heavy (non-hydrogen) atoms. The van der Waals surface area contributed by atoms with Gasteiger partial charge in [-0.3, -0.25) is 14.5 Å². The fourth-order valence-electron chi connectivity index (χ4n) is 3.93. The smallest absolute Gasteiger partial charge is 0.325 e.